The van der Waals surface area contributed by atoms with E-state index in [4.69, 9.17) is 5.73 Å². The van der Waals surface area contributed by atoms with Gasteiger partial charge < -0.3 is 20.7 Å². The number of carbonyl (C=O) groups excluding carboxylic acids is 2. The van der Waals surface area contributed by atoms with Gasteiger partial charge in [-0.15, -0.1) is 0 Å². The fraction of sp³-hybridized carbons (Fsp3) is 0.571. The predicted molar refractivity (Wildman–Crippen MR) is 74.2 cm³/mol. The summed E-state index contributed by atoms with van der Waals surface area (Å²) in [6.45, 7) is 2.03. The molecular formula is C14H21N3O3. The van der Waals surface area contributed by atoms with Gasteiger partial charge in [-0.2, -0.15) is 0 Å². The monoisotopic (exact) mass is 279 g/mol. The maximum atomic E-state index is 12.3. The molecule has 2 rings (SSSR count). The van der Waals surface area contributed by atoms with Crippen LogP contribution in [0.4, 0.5) is 0 Å². The molecule has 0 bridgehead atoms. The maximum Gasteiger partial charge on any atom is 0.268 e. The number of nitrogens with one attached hydrogen (secondary N) is 1. The van der Waals surface area contributed by atoms with Crippen molar-refractivity contribution in [3.05, 3.63) is 23.5 Å². The molecule has 0 saturated heterocycles. The number of rotatable bonds is 4. The third kappa shape index (κ3) is 2.56. The first-order valence-corrected chi connectivity index (χ1v) is 6.75. The van der Waals surface area contributed by atoms with Crippen molar-refractivity contribution in [1.29, 1.82) is 0 Å². The van der Waals surface area contributed by atoms with Gasteiger partial charge in [-0.05, 0) is 18.9 Å². The van der Waals surface area contributed by atoms with Gasteiger partial charge in [0.25, 0.3) is 5.91 Å². The Morgan fingerprint density at radius 1 is 1.60 bits per heavy atom. The van der Waals surface area contributed by atoms with Gasteiger partial charge >= 0.3 is 0 Å². The number of aromatic nitrogens is 1. The minimum atomic E-state index is -0.555. The third-order valence-corrected chi connectivity index (χ3v) is 4.27. The van der Waals surface area contributed by atoms with Crippen LogP contribution in [0.2, 0.25) is 0 Å². The highest BCUT2D eigenvalue weighted by Crippen LogP contribution is 2.37. The van der Waals surface area contributed by atoms with Crippen molar-refractivity contribution in [2.24, 2.45) is 18.2 Å². The fourth-order valence-corrected chi connectivity index (χ4v) is 2.83. The van der Waals surface area contributed by atoms with Crippen LogP contribution in [0.15, 0.2) is 12.3 Å². The van der Waals surface area contributed by atoms with Crippen molar-refractivity contribution < 1.29 is 14.7 Å². The Morgan fingerprint density at radius 3 is 2.85 bits per heavy atom. The van der Waals surface area contributed by atoms with Gasteiger partial charge in [-0.3, -0.25) is 9.59 Å². The number of amides is 2. The Bertz CT molecular complexity index is 538. The molecule has 1 saturated carbocycles. The maximum absolute atomic E-state index is 12.3. The minimum absolute atomic E-state index is 0.0491. The van der Waals surface area contributed by atoms with Crippen LogP contribution in [-0.4, -0.2) is 34.1 Å². The van der Waals surface area contributed by atoms with E-state index in [1.54, 1.807) is 11.6 Å². The molecule has 1 aromatic heterocycles. The Kier molecular flexibility index (Phi) is 3.85. The van der Waals surface area contributed by atoms with Crippen LogP contribution < -0.4 is 11.1 Å². The normalized spacial score (nSPS) is 25.6. The molecule has 1 aliphatic carbocycles. The van der Waals surface area contributed by atoms with E-state index in [0.717, 1.165) is 19.3 Å². The van der Waals surface area contributed by atoms with Gasteiger partial charge in [-0.1, -0.05) is 13.3 Å². The topological polar surface area (TPSA) is 97.4 Å². The number of nitrogens with two attached hydrogens (primary N) is 1. The van der Waals surface area contributed by atoms with Crippen LogP contribution in [0.3, 0.4) is 0 Å². The molecule has 2 atom stereocenters. The molecule has 110 valence electrons. The Balaban J connectivity index is 2.14. The van der Waals surface area contributed by atoms with Crippen LogP contribution >= 0.6 is 0 Å². The molecule has 6 nitrogen and oxygen atoms in total. The van der Waals surface area contributed by atoms with Crippen molar-refractivity contribution in [1.82, 2.24) is 9.88 Å². The molecule has 0 aromatic carbocycles. The number of nitrogens with zero attached hydrogens (tertiary/aromatic N) is 1. The molecule has 0 spiro atoms. The summed E-state index contributed by atoms with van der Waals surface area (Å²) in [6, 6.07) is 1.44. The molecular weight excluding hydrogens is 258 g/mol. The smallest absolute Gasteiger partial charge is 0.268 e. The second-order valence-electron chi connectivity index (χ2n) is 5.82. The lowest BCUT2D eigenvalue weighted by Gasteiger charge is -2.30. The zero-order valence-corrected chi connectivity index (χ0v) is 11.8. The molecule has 1 aromatic rings. The first kappa shape index (κ1) is 14.6. The number of aryl methyl sites for hydroxylation is 1. The second-order valence-corrected chi connectivity index (χ2v) is 5.82. The molecule has 1 aliphatic rings. The van der Waals surface area contributed by atoms with E-state index in [9.17, 15) is 14.7 Å². The van der Waals surface area contributed by atoms with Crippen molar-refractivity contribution >= 4 is 11.8 Å². The summed E-state index contributed by atoms with van der Waals surface area (Å²) in [5, 5.41) is 12.5. The average molecular weight is 279 g/mol. The molecule has 2 unspecified atom stereocenters. The summed E-state index contributed by atoms with van der Waals surface area (Å²) in [5.41, 5.74) is 5.65. The van der Waals surface area contributed by atoms with Gasteiger partial charge in [0.05, 0.1) is 12.2 Å². The van der Waals surface area contributed by atoms with Crippen molar-refractivity contribution in [3.8, 4) is 0 Å². The van der Waals surface area contributed by atoms with Crippen LogP contribution in [0, 0.1) is 5.41 Å². The van der Waals surface area contributed by atoms with Crippen molar-refractivity contribution in [2.75, 3.05) is 6.61 Å². The highest BCUT2D eigenvalue weighted by atomic mass is 16.3. The summed E-state index contributed by atoms with van der Waals surface area (Å²) in [7, 11) is 1.70. The lowest BCUT2D eigenvalue weighted by Crippen LogP contribution is -2.45. The number of carbonyl (C=O) groups is 2. The average Bonchev–Trinajstić information content (AvgIpc) is 2.94. The van der Waals surface area contributed by atoms with E-state index in [2.05, 4.69) is 5.32 Å². The molecule has 1 fully saturated rings. The second kappa shape index (κ2) is 5.28. The Morgan fingerprint density at radius 2 is 2.30 bits per heavy atom. The molecule has 0 aliphatic heterocycles. The zero-order chi connectivity index (χ0) is 14.9. The third-order valence-electron chi connectivity index (χ3n) is 4.27. The number of primary amides is 1. The van der Waals surface area contributed by atoms with Gasteiger partial charge in [0.2, 0.25) is 5.91 Å². The van der Waals surface area contributed by atoms with Crippen molar-refractivity contribution in [3.63, 3.8) is 0 Å². The first-order chi connectivity index (χ1) is 9.37. The van der Waals surface area contributed by atoms with Gasteiger partial charge in [0.15, 0.2) is 0 Å². The molecule has 4 N–H and O–H groups in total. The lowest BCUT2D eigenvalue weighted by molar-refractivity contribution is 0.0823. The number of hydrogen-bond donors (Lipinski definition) is 3. The lowest BCUT2D eigenvalue weighted by atomic mass is 9.86. The molecule has 1 heterocycles. The highest BCUT2D eigenvalue weighted by molar-refractivity contribution is 5.98. The Hall–Kier alpha value is -1.82. The van der Waals surface area contributed by atoms with Gasteiger partial charge in [0.1, 0.15) is 5.69 Å². The van der Waals surface area contributed by atoms with Crippen LogP contribution in [0.1, 0.15) is 47.0 Å². The summed E-state index contributed by atoms with van der Waals surface area (Å²) < 4.78 is 1.58. The summed E-state index contributed by atoms with van der Waals surface area (Å²) in [4.78, 5) is 23.4. The molecule has 2 amide bonds. The van der Waals surface area contributed by atoms with Gasteiger partial charge in [0, 0.05) is 24.7 Å². The first-order valence-electron chi connectivity index (χ1n) is 6.75. The van der Waals surface area contributed by atoms with Crippen LogP contribution in [-0.2, 0) is 7.05 Å². The van der Waals surface area contributed by atoms with Crippen LogP contribution in [0.5, 0.6) is 0 Å². The van der Waals surface area contributed by atoms with Crippen LogP contribution in [0.25, 0.3) is 0 Å². The summed E-state index contributed by atoms with van der Waals surface area (Å²) >= 11 is 0. The van der Waals surface area contributed by atoms with E-state index in [0.29, 0.717) is 11.3 Å². The van der Waals surface area contributed by atoms with E-state index in [-0.39, 0.29) is 24.0 Å². The predicted octanol–water partition coefficient (Wildman–Crippen LogP) is 0.405. The Labute approximate surface area is 118 Å². The fourth-order valence-electron chi connectivity index (χ4n) is 2.83. The quantitative estimate of drug-likeness (QED) is 0.744. The van der Waals surface area contributed by atoms with Crippen molar-refractivity contribution in [2.45, 2.75) is 32.2 Å². The standard InChI is InChI=1S/C14H21N3O3/c1-14(8-18)5-3-4-11(14)16-13(20)10-6-9(12(15)19)7-17(10)2/h6-7,11,18H,3-5,8H2,1-2H3,(H2,15,19)(H,16,20). The molecule has 20 heavy (non-hydrogen) atoms. The number of aliphatic hydroxyl groups excluding tert-OH is 1. The van der Waals surface area contributed by atoms with E-state index in [1.165, 1.54) is 12.3 Å². The van der Waals surface area contributed by atoms with Gasteiger partial charge in [-0.25, -0.2) is 0 Å². The number of hydrogen-bond acceptors (Lipinski definition) is 3. The molecule has 6 heteroatoms. The number of aliphatic hydroxyl groups is 1. The molecule has 0 radical (unpaired) electrons. The van der Waals surface area contributed by atoms with E-state index >= 15 is 0 Å². The SMILES string of the molecule is Cn1cc(C(N)=O)cc1C(=O)NC1CCCC1(C)CO. The minimum Gasteiger partial charge on any atom is -0.396 e. The van der Waals surface area contributed by atoms with E-state index in [1.807, 2.05) is 6.92 Å². The summed E-state index contributed by atoms with van der Waals surface area (Å²) in [5.74, 6) is -0.799. The highest BCUT2D eigenvalue weighted by Gasteiger charge is 2.39. The zero-order valence-electron chi connectivity index (χ0n) is 11.8. The summed E-state index contributed by atoms with van der Waals surface area (Å²) in [6.07, 6.45) is 4.28. The largest absolute Gasteiger partial charge is 0.396 e. The van der Waals surface area contributed by atoms with E-state index < -0.39 is 5.91 Å².